The van der Waals surface area contributed by atoms with Crippen LogP contribution in [0, 0.1) is 11.3 Å². The van der Waals surface area contributed by atoms with Gasteiger partial charge in [0.05, 0.1) is 6.07 Å². The van der Waals surface area contributed by atoms with Crippen LogP contribution in [0.3, 0.4) is 0 Å². The first-order chi connectivity index (χ1) is 9.20. The summed E-state index contributed by atoms with van der Waals surface area (Å²) in [7, 11) is 0. The van der Waals surface area contributed by atoms with E-state index >= 15 is 0 Å². The molecule has 2 rings (SSSR count). The number of hydrogen-bond donors (Lipinski definition) is 0. The van der Waals surface area contributed by atoms with Gasteiger partial charge in [0.25, 0.3) is 0 Å². The van der Waals surface area contributed by atoms with Crippen molar-refractivity contribution in [3.8, 4) is 6.07 Å². The molecule has 98 valence electrons. The van der Waals surface area contributed by atoms with Crippen LogP contribution >= 0.6 is 11.6 Å². The van der Waals surface area contributed by atoms with Gasteiger partial charge in [0.1, 0.15) is 0 Å². The summed E-state index contributed by atoms with van der Waals surface area (Å²) < 4.78 is 5.22. The SMILES string of the molecule is CC(CCC#N)c1nc(Cc2ccccc2Cl)no1. The van der Waals surface area contributed by atoms with Crippen molar-refractivity contribution in [3.63, 3.8) is 0 Å². The molecule has 1 unspecified atom stereocenters. The summed E-state index contributed by atoms with van der Waals surface area (Å²) in [5.74, 6) is 1.30. The highest BCUT2D eigenvalue weighted by Gasteiger charge is 2.14. The fraction of sp³-hybridized carbons (Fsp3) is 0.357. The molecule has 1 atom stereocenters. The quantitative estimate of drug-likeness (QED) is 0.834. The fourth-order valence-corrected chi connectivity index (χ4v) is 1.96. The highest BCUT2D eigenvalue weighted by atomic mass is 35.5. The second kappa shape index (κ2) is 6.35. The molecule has 0 saturated heterocycles. The lowest BCUT2D eigenvalue weighted by atomic mass is 10.1. The van der Waals surface area contributed by atoms with E-state index in [1.54, 1.807) is 0 Å². The minimum Gasteiger partial charge on any atom is -0.339 e. The number of benzene rings is 1. The van der Waals surface area contributed by atoms with Gasteiger partial charge in [-0.15, -0.1) is 0 Å². The van der Waals surface area contributed by atoms with Crippen molar-refractivity contribution in [3.05, 3.63) is 46.6 Å². The maximum Gasteiger partial charge on any atom is 0.229 e. The number of nitrogens with zero attached hydrogens (tertiary/aromatic N) is 3. The molecule has 2 aromatic rings. The van der Waals surface area contributed by atoms with Crippen LogP contribution in [0.1, 0.15) is 43.0 Å². The van der Waals surface area contributed by atoms with E-state index in [9.17, 15) is 0 Å². The van der Waals surface area contributed by atoms with E-state index in [0.29, 0.717) is 29.6 Å². The zero-order valence-electron chi connectivity index (χ0n) is 10.6. The van der Waals surface area contributed by atoms with Gasteiger partial charge in [-0.25, -0.2) is 0 Å². The maximum absolute atomic E-state index is 8.56. The van der Waals surface area contributed by atoms with Gasteiger partial charge >= 0.3 is 0 Å². The van der Waals surface area contributed by atoms with E-state index in [-0.39, 0.29) is 5.92 Å². The second-order valence-electron chi connectivity index (χ2n) is 4.41. The Bertz CT molecular complexity index is 588. The van der Waals surface area contributed by atoms with Crippen molar-refractivity contribution < 1.29 is 4.52 Å². The Morgan fingerprint density at radius 1 is 1.42 bits per heavy atom. The smallest absolute Gasteiger partial charge is 0.229 e. The van der Waals surface area contributed by atoms with E-state index in [1.807, 2.05) is 31.2 Å². The van der Waals surface area contributed by atoms with Crippen LogP contribution in [-0.4, -0.2) is 10.1 Å². The molecule has 0 aliphatic heterocycles. The predicted molar refractivity (Wildman–Crippen MR) is 71.8 cm³/mol. The summed E-state index contributed by atoms with van der Waals surface area (Å²) in [6, 6.07) is 9.71. The lowest BCUT2D eigenvalue weighted by molar-refractivity contribution is 0.351. The Labute approximate surface area is 117 Å². The first-order valence-electron chi connectivity index (χ1n) is 6.13. The largest absolute Gasteiger partial charge is 0.339 e. The highest BCUT2D eigenvalue weighted by molar-refractivity contribution is 6.31. The molecule has 0 saturated carbocycles. The lowest BCUT2D eigenvalue weighted by Gasteiger charge is -2.01. The monoisotopic (exact) mass is 275 g/mol. The van der Waals surface area contributed by atoms with Crippen LogP contribution in [0.15, 0.2) is 28.8 Å². The van der Waals surface area contributed by atoms with Gasteiger partial charge in [-0.3, -0.25) is 0 Å². The lowest BCUT2D eigenvalue weighted by Crippen LogP contribution is -1.95. The summed E-state index contributed by atoms with van der Waals surface area (Å²) in [6.45, 7) is 1.98. The van der Waals surface area contributed by atoms with Crippen molar-refractivity contribution in [1.29, 1.82) is 5.26 Å². The molecule has 19 heavy (non-hydrogen) atoms. The Morgan fingerprint density at radius 2 is 2.21 bits per heavy atom. The molecule has 0 aliphatic carbocycles. The average molecular weight is 276 g/mol. The average Bonchev–Trinajstić information content (AvgIpc) is 2.87. The molecule has 4 nitrogen and oxygen atoms in total. The minimum atomic E-state index is 0.104. The normalized spacial score (nSPS) is 12.1. The van der Waals surface area contributed by atoms with Crippen LogP contribution in [0.2, 0.25) is 5.02 Å². The van der Waals surface area contributed by atoms with Crippen molar-refractivity contribution >= 4 is 11.6 Å². The van der Waals surface area contributed by atoms with Crippen LogP contribution < -0.4 is 0 Å². The van der Waals surface area contributed by atoms with Crippen molar-refractivity contribution in [2.45, 2.75) is 32.1 Å². The molecule has 0 fully saturated rings. The van der Waals surface area contributed by atoms with E-state index in [0.717, 1.165) is 12.0 Å². The van der Waals surface area contributed by atoms with Crippen LogP contribution in [0.25, 0.3) is 0 Å². The molecule has 0 radical (unpaired) electrons. The van der Waals surface area contributed by atoms with E-state index in [2.05, 4.69) is 16.2 Å². The third-order valence-electron chi connectivity index (χ3n) is 2.90. The minimum absolute atomic E-state index is 0.104. The Balaban J connectivity index is 2.06. The van der Waals surface area contributed by atoms with Gasteiger partial charge in [0.15, 0.2) is 5.82 Å². The molecule has 0 spiro atoms. The second-order valence-corrected chi connectivity index (χ2v) is 4.82. The molecule has 0 N–H and O–H groups in total. The summed E-state index contributed by atoms with van der Waals surface area (Å²) in [5, 5.41) is 13.2. The third-order valence-corrected chi connectivity index (χ3v) is 3.27. The third kappa shape index (κ3) is 3.55. The number of nitriles is 1. The Hall–Kier alpha value is -1.86. The van der Waals surface area contributed by atoms with Gasteiger partial charge in [-0.1, -0.05) is 41.9 Å². The standard InChI is InChI=1S/C14H14ClN3O/c1-10(5-4-8-16)14-17-13(18-19-14)9-11-6-2-3-7-12(11)15/h2-3,6-7,10H,4-5,9H2,1H3. The van der Waals surface area contributed by atoms with Crippen LogP contribution in [0.4, 0.5) is 0 Å². The van der Waals surface area contributed by atoms with Gasteiger partial charge < -0.3 is 4.52 Å². The molecule has 1 heterocycles. The van der Waals surface area contributed by atoms with E-state index in [4.69, 9.17) is 21.4 Å². The molecular weight excluding hydrogens is 262 g/mol. The van der Waals surface area contributed by atoms with Crippen molar-refractivity contribution in [1.82, 2.24) is 10.1 Å². The van der Waals surface area contributed by atoms with E-state index < -0.39 is 0 Å². The molecule has 0 amide bonds. The Morgan fingerprint density at radius 3 is 2.95 bits per heavy atom. The number of hydrogen-bond acceptors (Lipinski definition) is 4. The molecule has 0 aliphatic rings. The first kappa shape index (κ1) is 13.6. The van der Waals surface area contributed by atoms with E-state index in [1.165, 1.54) is 0 Å². The maximum atomic E-state index is 8.56. The molecule has 1 aromatic carbocycles. The number of halogens is 1. The summed E-state index contributed by atoms with van der Waals surface area (Å²) >= 11 is 6.09. The zero-order valence-corrected chi connectivity index (χ0v) is 11.4. The summed E-state index contributed by atoms with van der Waals surface area (Å²) in [6.07, 6.45) is 1.77. The number of aromatic nitrogens is 2. The topological polar surface area (TPSA) is 62.7 Å². The van der Waals surface area contributed by atoms with Gasteiger partial charge in [0, 0.05) is 23.8 Å². The molecule has 0 bridgehead atoms. The molecule has 5 heteroatoms. The van der Waals surface area contributed by atoms with Gasteiger partial charge in [0.2, 0.25) is 5.89 Å². The van der Waals surface area contributed by atoms with Gasteiger partial charge in [-0.05, 0) is 18.1 Å². The predicted octanol–water partition coefficient (Wildman–Crippen LogP) is 3.72. The molecular formula is C14H14ClN3O. The fourth-order valence-electron chi connectivity index (χ4n) is 1.76. The zero-order chi connectivity index (χ0) is 13.7. The van der Waals surface area contributed by atoms with Crippen molar-refractivity contribution in [2.24, 2.45) is 0 Å². The highest BCUT2D eigenvalue weighted by Crippen LogP contribution is 2.21. The van der Waals surface area contributed by atoms with Crippen LogP contribution in [0.5, 0.6) is 0 Å². The van der Waals surface area contributed by atoms with Gasteiger partial charge in [-0.2, -0.15) is 10.2 Å². The number of rotatable bonds is 5. The summed E-state index contributed by atoms with van der Waals surface area (Å²) in [4.78, 5) is 4.35. The molecule has 1 aromatic heterocycles. The van der Waals surface area contributed by atoms with Crippen molar-refractivity contribution in [2.75, 3.05) is 0 Å². The van der Waals surface area contributed by atoms with Crippen LogP contribution in [-0.2, 0) is 6.42 Å². The first-order valence-corrected chi connectivity index (χ1v) is 6.51. The Kier molecular flexibility index (Phi) is 4.53. The summed E-state index contributed by atoms with van der Waals surface area (Å²) in [5.41, 5.74) is 0.973.